The second-order valence-electron chi connectivity index (χ2n) is 5.87. The summed E-state index contributed by atoms with van der Waals surface area (Å²) < 4.78 is 77.8. The molecule has 0 N–H and O–H groups in total. The van der Waals surface area contributed by atoms with Gasteiger partial charge in [-0.1, -0.05) is 11.6 Å². The van der Waals surface area contributed by atoms with E-state index in [1.54, 1.807) is 0 Å². The number of hydrogen-bond donors (Lipinski definition) is 0. The highest BCUT2D eigenvalue weighted by atomic mass is 35.5. The van der Waals surface area contributed by atoms with E-state index in [2.05, 4.69) is 15.4 Å². The molecule has 3 aromatic rings. The largest absolute Gasteiger partial charge is 0.416 e. The van der Waals surface area contributed by atoms with Crippen molar-refractivity contribution in [2.75, 3.05) is 0 Å². The molecule has 0 unspecified atom stereocenters. The van der Waals surface area contributed by atoms with Crippen LogP contribution < -0.4 is 0 Å². The van der Waals surface area contributed by atoms with Gasteiger partial charge in [-0.05, 0) is 47.7 Å². The number of aromatic nitrogens is 4. The Bertz CT molecular complexity index is 1010. The van der Waals surface area contributed by atoms with Crippen LogP contribution in [0.4, 0.5) is 26.3 Å². The monoisotopic (exact) mass is 434 g/mol. The maximum atomic E-state index is 13.0. The SMILES string of the molecule is O=C(Cn1nnc(-c2cc(C(F)(F)F)cc(C(F)(F)F)c2)n1)c1ccc(Cl)cc1. The van der Waals surface area contributed by atoms with Crippen molar-refractivity contribution in [2.45, 2.75) is 18.9 Å². The molecule has 152 valence electrons. The fraction of sp³-hybridized carbons (Fsp3) is 0.176. The molecule has 0 bridgehead atoms. The number of alkyl halides is 6. The summed E-state index contributed by atoms with van der Waals surface area (Å²) in [6, 6.07) is 6.83. The van der Waals surface area contributed by atoms with Crippen molar-refractivity contribution >= 4 is 17.4 Å². The van der Waals surface area contributed by atoms with Crippen LogP contribution in [0.15, 0.2) is 42.5 Å². The second-order valence-corrected chi connectivity index (χ2v) is 6.30. The summed E-state index contributed by atoms with van der Waals surface area (Å²) in [5.74, 6) is -0.934. The van der Waals surface area contributed by atoms with Gasteiger partial charge in [-0.2, -0.15) is 31.1 Å². The molecule has 0 fully saturated rings. The zero-order valence-corrected chi connectivity index (χ0v) is 14.8. The Morgan fingerprint density at radius 1 is 0.931 bits per heavy atom. The molecule has 0 amide bonds. The number of nitrogens with zero attached hydrogens (tertiary/aromatic N) is 4. The average Bonchev–Trinajstić information content (AvgIpc) is 3.09. The minimum atomic E-state index is -5.00. The number of tetrazole rings is 1. The minimum Gasteiger partial charge on any atom is -0.292 e. The summed E-state index contributed by atoms with van der Waals surface area (Å²) in [6.45, 7) is -0.417. The molecule has 3 rings (SSSR count). The van der Waals surface area contributed by atoms with E-state index in [1.165, 1.54) is 24.3 Å². The number of hydrogen-bond acceptors (Lipinski definition) is 4. The summed E-state index contributed by atoms with van der Waals surface area (Å²) in [5, 5.41) is 11.1. The maximum Gasteiger partial charge on any atom is 0.416 e. The van der Waals surface area contributed by atoms with Crippen molar-refractivity contribution in [3.05, 3.63) is 64.2 Å². The molecule has 1 heterocycles. The molecule has 0 saturated heterocycles. The lowest BCUT2D eigenvalue weighted by Crippen LogP contribution is -2.13. The van der Waals surface area contributed by atoms with Gasteiger partial charge in [0.25, 0.3) is 0 Å². The molecule has 0 saturated carbocycles. The number of carbonyl (C=O) groups excluding carboxylic acids is 1. The first-order valence-electron chi connectivity index (χ1n) is 7.80. The zero-order valence-electron chi connectivity index (χ0n) is 14.1. The Hall–Kier alpha value is -2.95. The third-order valence-corrected chi connectivity index (χ3v) is 4.00. The molecule has 0 aliphatic heterocycles. The van der Waals surface area contributed by atoms with Gasteiger partial charge in [-0.3, -0.25) is 4.79 Å². The average molecular weight is 435 g/mol. The van der Waals surface area contributed by atoms with E-state index >= 15 is 0 Å². The fourth-order valence-corrected chi connectivity index (χ4v) is 2.49. The van der Waals surface area contributed by atoms with Gasteiger partial charge in [-0.25, -0.2) is 0 Å². The lowest BCUT2D eigenvalue weighted by molar-refractivity contribution is -0.143. The van der Waals surface area contributed by atoms with Gasteiger partial charge in [0.1, 0.15) is 6.54 Å². The quantitative estimate of drug-likeness (QED) is 0.432. The molecule has 0 aliphatic rings. The first-order chi connectivity index (χ1) is 13.4. The van der Waals surface area contributed by atoms with Gasteiger partial charge in [0.05, 0.1) is 11.1 Å². The second kappa shape index (κ2) is 7.47. The summed E-state index contributed by atoms with van der Waals surface area (Å²) >= 11 is 5.73. The fourth-order valence-electron chi connectivity index (χ4n) is 2.37. The number of rotatable bonds is 4. The predicted molar refractivity (Wildman–Crippen MR) is 89.0 cm³/mol. The molecule has 0 radical (unpaired) electrons. The third-order valence-electron chi connectivity index (χ3n) is 3.75. The number of carbonyl (C=O) groups is 1. The Labute approximate surface area is 163 Å². The van der Waals surface area contributed by atoms with Crippen LogP contribution in [0.1, 0.15) is 21.5 Å². The molecule has 2 aromatic carbocycles. The van der Waals surface area contributed by atoms with Crippen LogP contribution in [0.3, 0.4) is 0 Å². The van der Waals surface area contributed by atoms with Crippen molar-refractivity contribution in [1.29, 1.82) is 0 Å². The van der Waals surface area contributed by atoms with Crippen molar-refractivity contribution < 1.29 is 31.1 Å². The summed E-state index contributed by atoms with van der Waals surface area (Å²) in [6.07, 6.45) is -10.0. The lowest BCUT2D eigenvalue weighted by atomic mass is 10.0. The Kier molecular flexibility index (Phi) is 5.35. The van der Waals surface area contributed by atoms with Gasteiger partial charge in [-0.15, -0.1) is 10.2 Å². The van der Waals surface area contributed by atoms with Crippen LogP contribution in [0.2, 0.25) is 5.02 Å². The molecule has 0 atom stereocenters. The van der Waals surface area contributed by atoms with E-state index < -0.39 is 47.2 Å². The predicted octanol–water partition coefficient (Wildman–Crippen LogP) is 4.91. The molecule has 0 spiro atoms. The Morgan fingerprint density at radius 3 is 2.00 bits per heavy atom. The first-order valence-corrected chi connectivity index (χ1v) is 8.18. The highest BCUT2D eigenvalue weighted by Gasteiger charge is 2.37. The van der Waals surface area contributed by atoms with Crippen LogP contribution >= 0.6 is 11.6 Å². The normalized spacial score (nSPS) is 12.2. The number of ketones is 1. The molecule has 29 heavy (non-hydrogen) atoms. The molecular formula is C17H9ClF6N4O. The van der Waals surface area contributed by atoms with Crippen molar-refractivity contribution in [1.82, 2.24) is 20.2 Å². The minimum absolute atomic E-state index is 0.00200. The highest BCUT2D eigenvalue weighted by Crippen LogP contribution is 2.37. The van der Waals surface area contributed by atoms with Crippen LogP contribution in [0, 0.1) is 0 Å². The summed E-state index contributed by atoms with van der Waals surface area (Å²) in [4.78, 5) is 13.0. The molecule has 12 heteroatoms. The van der Waals surface area contributed by atoms with Crippen molar-refractivity contribution in [2.24, 2.45) is 0 Å². The molecule has 0 aliphatic carbocycles. The van der Waals surface area contributed by atoms with Gasteiger partial charge in [0.15, 0.2) is 5.78 Å². The first kappa shape index (κ1) is 20.8. The summed E-state index contributed by atoms with van der Waals surface area (Å²) in [5.41, 5.74) is -3.27. The van der Waals surface area contributed by atoms with Gasteiger partial charge < -0.3 is 0 Å². The van der Waals surface area contributed by atoms with Gasteiger partial charge in [0, 0.05) is 16.1 Å². The van der Waals surface area contributed by atoms with E-state index in [0.29, 0.717) is 17.2 Å². The standard InChI is InChI=1S/C17H9ClF6N4O/c18-13-3-1-9(2-4-13)14(29)8-28-26-15(25-27-28)10-5-11(16(19,20)21)7-12(6-10)17(22,23)24/h1-7H,8H2. The van der Waals surface area contributed by atoms with Crippen molar-refractivity contribution in [3.63, 3.8) is 0 Å². The number of Topliss-reactive ketones (excluding diaryl/α,β-unsaturated/α-hetero) is 1. The van der Waals surface area contributed by atoms with Crippen LogP contribution in [0.5, 0.6) is 0 Å². The maximum absolute atomic E-state index is 13.0. The van der Waals surface area contributed by atoms with E-state index in [0.717, 1.165) is 4.80 Å². The van der Waals surface area contributed by atoms with Crippen LogP contribution in [-0.4, -0.2) is 26.0 Å². The number of halogens is 7. The topological polar surface area (TPSA) is 60.7 Å². The zero-order chi connectivity index (χ0) is 21.4. The molecule has 1 aromatic heterocycles. The summed E-state index contributed by atoms with van der Waals surface area (Å²) in [7, 11) is 0. The Balaban J connectivity index is 1.91. The van der Waals surface area contributed by atoms with Gasteiger partial charge >= 0.3 is 12.4 Å². The lowest BCUT2D eigenvalue weighted by Gasteiger charge is -2.12. The van der Waals surface area contributed by atoms with E-state index in [9.17, 15) is 31.1 Å². The van der Waals surface area contributed by atoms with Crippen LogP contribution in [-0.2, 0) is 18.9 Å². The molecule has 5 nitrogen and oxygen atoms in total. The van der Waals surface area contributed by atoms with E-state index in [-0.39, 0.29) is 11.6 Å². The van der Waals surface area contributed by atoms with Crippen LogP contribution in [0.25, 0.3) is 11.4 Å². The smallest absolute Gasteiger partial charge is 0.292 e. The molecular weight excluding hydrogens is 426 g/mol. The van der Waals surface area contributed by atoms with Crippen molar-refractivity contribution in [3.8, 4) is 11.4 Å². The number of benzene rings is 2. The third kappa shape index (κ3) is 4.91. The van der Waals surface area contributed by atoms with E-state index in [4.69, 9.17) is 11.6 Å². The van der Waals surface area contributed by atoms with E-state index in [1.807, 2.05) is 0 Å². The highest BCUT2D eigenvalue weighted by molar-refractivity contribution is 6.30. The Morgan fingerprint density at radius 2 is 1.48 bits per heavy atom. The van der Waals surface area contributed by atoms with Gasteiger partial charge in [0.2, 0.25) is 5.82 Å².